The number of hydrogen-bond donors (Lipinski definition) is 0. The molecule has 10 nitrogen and oxygen atoms in total. The summed E-state index contributed by atoms with van der Waals surface area (Å²) in [5.74, 6) is 0.851. The number of pyridine rings is 1. The van der Waals surface area contributed by atoms with E-state index in [9.17, 15) is 9.59 Å². The highest BCUT2D eigenvalue weighted by molar-refractivity contribution is 6.30. The fourth-order valence-corrected chi connectivity index (χ4v) is 6.12. The summed E-state index contributed by atoms with van der Waals surface area (Å²) in [4.78, 5) is 35.6. The van der Waals surface area contributed by atoms with Gasteiger partial charge in [-0.05, 0) is 81.3 Å². The van der Waals surface area contributed by atoms with Crippen LogP contribution >= 0.6 is 11.6 Å². The lowest BCUT2D eigenvalue weighted by atomic mass is 10.0. The van der Waals surface area contributed by atoms with Gasteiger partial charge in [0.05, 0.1) is 17.3 Å². The molecule has 1 saturated heterocycles. The first-order chi connectivity index (χ1) is 19.5. The molecule has 2 aliphatic heterocycles. The first-order valence-electron chi connectivity index (χ1n) is 14.0. The van der Waals surface area contributed by atoms with Gasteiger partial charge >= 0.3 is 6.09 Å². The SMILES string of the molecule is Cc1cc(N2C(=O)c3c(C4CC4)cn(C4CN(C(=O)OC(C)(C)C)C4)c3C2c2ccc(Cl)cc2)nc2c1nnn2C. The van der Waals surface area contributed by atoms with Gasteiger partial charge in [-0.1, -0.05) is 28.9 Å². The summed E-state index contributed by atoms with van der Waals surface area (Å²) in [5.41, 5.74) is 5.39. The minimum absolute atomic E-state index is 0.0322. The zero-order valence-corrected chi connectivity index (χ0v) is 24.5. The maximum Gasteiger partial charge on any atom is 0.410 e. The van der Waals surface area contributed by atoms with Crippen LogP contribution in [0.15, 0.2) is 36.5 Å². The van der Waals surface area contributed by atoms with Gasteiger partial charge in [-0.15, -0.1) is 5.10 Å². The monoisotopic (exact) mass is 573 g/mol. The number of anilines is 1. The van der Waals surface area contributed by atoms with Crippen molar-refractivity contribution in [1.29, 1.82) is 0 Å². The normalized spacial score (nSPS) is 19.2. The number of benzene rings is 1. The Hall–Kier alpha value is -3.92. The van der Waals surface area contributed by atoms with Crippen molar-refractivity contribution in [2.24, 2.45) is 7.05 Å². The number of carbonyl (C=O) groups excluding carboxylic acids is 2. The molecule has 1 aromatic carbocycles. The predicted octanol–water partition coefficient (Wildman–Crippen LogP) is 5.55. The molecule has 0 radical (unpaired) electrons. The van der Waals surface area contributed by atoms with Crippen LogP contribution in [-0.4, -0.2) is 60.1 Å². The molecule has 0 N–H and O–H groups in total. The largest absolute Gasteiger partial charge is 0.444 e. The van der Waals surface area contributed by atoms with Crippen LogP contribution in [-0.2, 0) is 11.8 Å². The van der Waals surface area contributed by atoms with Crippen LogP contribution in [0.25, 0.3) is 11.2 Å². The van der Waals surface area contributed by atoms with E-state index in [1.807, 2.05) is 58.0 Å². The Kier molecular flexibility index (Phi) is 5.74. The first-order valence-corrected chi connectivity index (χ1v) is 14.4. The van der Waals surface area contributed by atoms with E-state index in [0.717, 1.165) is 40.8 Å². The first kappa shape index (κ1) is 26.0. The van der Waals surface area contributed by atoms with E-state index in [-0.39, 0.29) is 18.0 Å². The summed E-state index contributed by atoms with van der Waals surface area (Å²) in [6, 6.07) is 9.19. The summed E-state index contributed by atoms with van der Waals surface area (Å²) < 4.78 is 9.46. The Balaban J connectivity index is 1.35. The number of fused-ring (bicyclic) bond motifs is 2. The molecule has 2 amide bonds. The molecule has 4 aromatic rings. The number of hydrogen-bond acceptors (Lipinski definition) is 6. The summed E-state index contributed by atoms with van der Waals surface area (Å²) in [6.45, 7) is 8.61. The van der Waals surface area contributed by atoms with Crippen molar-refractivity contribution in [3.63, 3.8) is 0 Å². The molecule has 212 valence electrons. The molecule has 0 spiro atoms. The molecule has 1 aliphatic carbocycles. The van der Waals surface area contributed by atoms with Crippen molar-refractivity contribution in [2.45, 2.75) is 64.1 Å². The summed E-state index contributed by atoms with van der Waals surface area (Å²) >= 11 is 6.29. The minimum atomic E-state index is -0.557. The lowest BCUT2D eigenvalue weighted by Crippen LogP contribution is -2.52. The molecule has 7 rings (SSSR count). The van der Waals surface area contributed by atoms with Gasteiger partial charge in [-0.3, -0.25) is 9.69 Å². The molecular formula is C30H32ClN7O3. The molecule has 1 atom stereocenters. The minimum Gasteiger partial charge on any atom is -0.444 e. The number of aryl methyl sites for hydroxylation is 2. The van der Waals surface area contributed by atoms with Crippen LogP contribution < -0.4 is 4.90 Å². The number of likely N-dealkylation sites (tertiary alicyclic amines) is 1. The average molecular weight is 574 g/mol. The second-order valence-corrected chi connectivity index (χ2v) is 12.8. The summed E-state index contributed by atoms with van der Waals surface area (Å²) in [5, 5.41) is 9.02. The van der Waals surface area contributed by atoms with E-state index in [2.05, 4.69) is 21.1 Å². The number of carbonyl (C=O) groups is 2. The van der Waals surface area contributed by atoms with Crippen molar-refractivity contribution in [3.05, 3.63) is 69.5 Å². The van der Waals surface area contributed by atoms with Crippen LogP contribution in [0.1, 0.15) is 84.4 Å². The second kappa shape index (κ2) is 9.04. The van der Waals surface area contributed by atoms with Gasteiger partial charge in [0.1, 0.15) is 23.0 Å². The maximum atomic E-state index is 14.5. The molecule has 3 aromatic heterocycles. The highest BCUT2D eigenvalue weighted by atomic mass is 35.5. The van der Waals surface area contributed by atoms with E-state index >= 15 is 0 Å². The van der Waals surface area contributed by atoms with E-state index in [1.165, 1.54) is 0 Å². The standard InChI is InChI=1S/C30H32ClN7O3/c1-16-12-22(32-27-24(16)33-34-35(27)5)38-25(18-8-10-19(31)11-9-18)26-23(28(38)39)21(17-6-7-17)15-37(26)20-13-36(14-20)29(40)41-30(2,3)4/h8-12,15,17,20,25H,6-7,13-14H2,1-5H3. The topological polar surface area (TPSA) is 98.4 Å². The van der Waals surface area contributed by atoms with E-state index < -0.39 is 11.6 Å². The van der Waals surface area contributed by atoms with Gasteiger partial charge in [0, 0.05) is 31.4 Å². The zero-order valence-electron chi connectivity index (χ0n) is 23.8. The number of rotatable bonds is 4. The Labute approximate surface area is 242 Å². The molecule has 0 bridgehead atoms. The highest BCUT2D eigenvalue weighted by Gasteiger charge is 2.48. The second-order valence-electron chi connectivity index (χ2n) is 12.4. The molecule has 1 unspecified atom stereocenters. The Morgan fingerprint density at radius 2 is 1.83 bits per heavy atom. The van der Waals surface area contributed by atoms with Gasteiger partial charge in [-0.2, -0.15) is 0 Å². The number of nitrogens with zero attached hydrogens (tertiary/aromatic N) is 7. The third kappa shape index (κ3) is 4.27. The third-order valence-corrected chi connectivity index (χ3v) is 8.40. The fourth-order valence-electron chi connectivity index (χ4n) is 5.99. The molecule has 3 aliphatic rings. The van der Waals surface area contributed by atoms with Crippen LogP contribution in [0.5, 0.6) is 0 Å². The van der Waals surface area contributed by atoms with Crippen molar-refractivity contribution < 1.29 is 14.3 Å². The number of amides is 2. The summed E-state index contributed by atoms with van der Waals surface area (Å²) in [7, 11) is 1.80. The maximum absolute atomic E-state index is 14.5. The molecule has 5 heterocycles. The van der Waals surface area contributed by atoms with Crippen LogP contribution in [0, 0.1) is 6.92 Å². The van der Waals surface area contributed by atoms with Crippen molar-refractivity contribution in [2.75, 3.05) is 18.0 Å². The summed E-state index contributed by atoms with van der Waals surface area (Å²) in [6.07, 6.45) is 3.97. The van der Waals surface area contributed by atoms with Gasteiger partial charge in [0.2, 0.25) is 0 Å². The van der Waals surface area contributed by atoms with E-state index in [1.54, 1.807) is 21.5 Å². The third-order valence-electron chi connectivity index (χ3n) is 8.14. The lowest BCUT2D eigenvalue weighted by molar-refractivity contribution is 0.000768. The van der Waals surface area contributed by atoms with Crippen molar-refractivity contribution in [3.8, 4) is 0 Å². The number of ether oxygens (including phenoxy) is 1. The molecule has 11 heteroatoms. The Bertz CT molecular complexity index is 1710. The van der Waals surface area contributed by atoms with Crippen LogP contribution in [0.2, 0.25) is 5.02 Å². The quantitative estimate of drug-likeness (QED) is 0.318. The van der Waals surface area contributed by atoms with Crippen molar-refractivity contribution in [1.82, 2.24) is 29.4 Å². The van der Waals surface area contributed by atoms with Gasteiger partial charge in [0.25, 0.3) is 5.91 Å². The molecule has 41 heavy (non-hydrogen) atoms. The fraction of sp³-hybridized carbons (Fsp3) is 0.433. The van der Waals surface area contributed by atoms with Crippen LogP contribution in [0.4, 0.5) is 10.6 Å². The molecule has 1 saturated carbocycles. The van der Waals surface area contributed by atoms with E-state index in [4.69, 9.17) is 21.3 Å². The number of halogens is 1. The Morgan fingerprint density at radius 1 is 1.12 bits per heavy atom. The highest BCUT2D eigenvalue weighted by Crippen LogP contribution is 2.51. The predicted molar refractivity (Wildman–Crippen MR) is 154 cm³/mol. The molecule has 2 fully saturated rings. The Morgan fingerprint density at radius 3 is 2.49 bits per heavy atom. The average Bonchev–Trinajstić information content (AvgIpc) is 3.45. The van der Waals surface area contributed by atoms with Crippen LogP contribution in [0.3, 0.4) is 0 Å². The number of aromatic nitrogens is 5. The van der Waals surface area contributed by atoms with Gasteiger partial charge in [0.15, 0.2) is 5.65 Å². The van der Waals surface area contributed by atoms with E-state index in [0.29, 0.717) is 41.0 Å². The lowest BCUT2D eigenvalue weighted by Gasteiger charge is -2.41. The smallest absolute Gasteiger partial charge is 0.410 e. The van der Waals surface area contributed by atoms with Gasteiger partial charge in [-0.25, -0.2) is 14.5 Å². The molecular weight excluding hydrogens is 542 g/mol. The van der Waals surface area contributed by atoms with Gasteiger partial charge < -0.3 is 14.2 Å². The van der Waals surface area contributed by atoms with Crippen molar-refractivity contribution >= 4 is 40.6 Å². The zero-order chi connectivity index (χ0) is 28.8.